The maximum atomic E-state index is 14.0. The van der Waals surface area contributed by atoms with Crippen LogP contribution in [0.1, 0.15) is 29.9 Å². The van der Waals surface area contributed by atoms with E-state index >= 15 is 0 Å². The Labute approximate surface area is 260 Å². The van der Waals surface area contributed by atoms with Crippen molar-refractivity contribution >= 4 is 62.8 Å². The Morgan fingerprint density at radius 2 is 1.69 bits per heavy atom. The number of aromatic hydroxyl groups is 2. The van der Waals surface area contributed by atoms with Crippen molar-refractivity contribution in [3.8, 4) is 17.2 Å². The van der Waals surface area contributed by atoms with Crippen LogP contribution in [0.25, 0.3) is 0 Å². The van der Waals surface area contributed by atoms with Gasteiger partial charge in [0, 0.05) is 12.5 Å². The fourth-order valence-corrected chi connectivity index (χ4v) is 8.62. The van der Waals surface area contributed by atoms with Crippen LogP contribution < -0.4 is 4.74 Å². The monoisotopic (exact) mass is 676 g/mol. The summed E-state index contributed by atoms with van der Waals surface area (Å²) >= 11 is 17.6. The lowest BCUT2D eigenvalue weighted by atomic mass is 9.56. The molecule has 6 rings (SSSR count). The normalized spacial score (nSPS) is 32.0. The minimum atomic E-state index is -1.93. The number of methoxy groups -OCH3 is 1. The van der Waals surface area contributed by atoms with Crippen molar-refractivity contribution in [2.75, 3.05) is 19.1 Å². The number of fused-ring (bicyclic) bond motifs is 4. The van der Waals surface area contributed by atoms with Crippen LogP contribution in [0.3, 0.4) is 0 Å². The highest BCUT2D eigenvalue weighted by atomic mass is 79.9. The number of halogens is 3. The molecule has 2 aliphatic heterocycles. The van der Waals surface area contributed by atoms with E-state index in [0.29, 0.717) is 17.6 Å². The van der Waals surface area contributed by atoms with Crippen LogP contribution in [0, 0.1) is 17.8 Å². The van der Waals surface area contributed by atoms with Crippen LogP contribution in [-0.2, 0) is 25.6 Å². The largest absolute Gasteiger partial charge is 0.508 e. The molecule has 6 atom stereocenters. The molecule has 0 bridgehead atoms. The average Bonchev–Trinajstić information content (AvgIpc) is 3.30. The summed E-state index contributed by atoms with van der Waals surface area (Å²) in [5.74, 6) is -4.82. The minimum absolute atomic E-state index is 0.102. The maximum Gasteiger partial charge on any atom is 0.254 e. The van der Waals surface area contributed by atoms with E-state index in [1.807, 2.05) is 6.08 Å². The summed E-state index contributed by atoms with van der Waals surface area (Å²) in [6.07, 6.45) is 2.43. The number of phenolic OH excluding ortho intramolecular Hbond substituents is 2. The molecule has 3 fully saturated rings. The third kappa shape index (κ3) is 3.94. The highest BCUT2D eigenvalue weighted by Crippen LogP contribution is 2.65. The highest BCUT2D eigenvalue weighted by molar-refractivity contribution is 9.09. The number of carbonyl (C=O) groups excluding carboxylic acids is 4. The number of likely N-dealkylation sites (tertiary alicyclic amines) is 2. The number of ether oxygens (including phenoxy) is 1. The van der Waals surface area contributed by atoms with Gasteiger partial charge in [0.2, 0.25) is 11.8 Å². The van der Waals surface area contributed by atoms with Gasteiger partial charge in [-0.05, 0) is 60.6 Å². The van der Waals surface area contributed by atoms with Crippen LogP contribution in [-0.4, -0.2) is 72.5 Å². The van der Waals surface area contributed by atoms with Crippen LogP contribution in [0.2, 0.25) is 0 Å². The molecule has 12 heteroatoms. The SMILES string of the molecule is COc1cc([C@H]2C3=CC[C@@H]4C(=O)N(CCc5ccc(O)cc5)C(=O)[C@@H]4[C@@H]3C[C@@]3(Cl)C(=O)N(CBr)C(=O)[C@@]23Cl)ccc1O. The summed E-state index contributed by atoms with van der Waals surface area (Å²) in [5.41, 5.74) is 1.89. The molecule has 42 heavy (non-hydrogen) atoms. The van der Waals surface area contributed by atoms with Gasteiger partial charge >= 0.3 is 0 Å². The number of alkyl halides is 3. The molecule has 2 heterocycles. The third-order valence-corrected chi connectivity index (χ3v) is 11.1. The zero-order chi connectivity index (χ0) is 30.1. The first-order valence-corrected chi connectivity index (χ1v) is 15.4. The predicted octanol–water partition coefficient (Wildman–Crippen LogP) is 4.06. The second-order valence-corrected chi connectivity index (χ2v) is 12.9. The molecule has 0 radical (unpaired) electrons. The number of amides is 4. The Hall–Kier alpha value is -3.08. The molecule has 1 saturated carbocycles. The Morgan fingerprint density at radius 3 is 2.36 bits per heavy atom. The molecule has 9 nitrogen and oxygen atoms in total. The van der Waals surface area contributed by atoms with Gasteiger partial charge in [-0.2, -0.15) is 0 Å². The number of hydrogen-bond donors (Lipinski definition) is 2. The number of allylic oxidation sites excluding steroid dienone is 2. The standard InChI is InChI=1S/C30H27BrCl2N2O7/c1-42-22-12-16(4-9-21(22)37)24-18-7-8-19-23(20(18)13-29(32)27(40)35(14-31)28(41)30(24,29)33)26(39)34(25(19)38)11-10-15-2-5-17(36)6-3-15/h2-7,9,12,19-20,23-24,36-37H,8,10-11,13-14H2,1H3/t19-,20+,23-,24-,29+,30-/m0/s1. The summed E-state index contributed by atoms with van der Waals surface area (Å²) in [6.45, 7) is 0.163. The lowest BCUT2D eigenvalue weighted by Gasteiger charge is -2.50. The van der Waals surface area contributed by atoms with Crippen molar-refractivity contribution in [2.24, 2.45) is 17.8 Å². The topological polar surface area (TPSA) is 124 Å². The Morgan fingerprint density at radius 1 is 0.976 bits per heavy atom. The summed E-state index contributed by atoms with van der Waals surface area (Å²) in [6, 6.07) is 11.1. The van der Waals surface area contributed by atoms with Gasteiger partial charge in [-0.25, -0.2) is 0 Å². The van der Waals surface area contributed by atoms with Crippen LogP contribution in [0.15, 0.2) is 54.1 Å². The van der Waals surface area contributed by atoms with Gasteiger partial charge in [-0.1, -0.05) is 45.8 Å². The molecule has 2 N–H and O–H groups in total. The third-order valence-electron chi connectivity index (χ3n) is 9.20. The molecule has 2 aromatic carbocycles. The summed E-state index contributed by atoms with van der Waals surface area (Å²) in [4.78, 5) is 53.5. The number of imide groups is 2. The first-order valence-electron chi connectivity index (χ1n) is 13.5. The predicted molar refractivity (Wildman–Crippen MR) is 157 cm³/mol. The minimum Gasteiger partial charge on any atom is -0.508 e. The van der Waals surface area contributed by atoms with Crippen molar-refractivity contribution in [1.82, 2.24) is 9.80 Å². The quantitative estimate of drug-likeness (QED) is 0.205. The van der Waals surface area contributed by atoms with Crippen LogP contribution in [0.5, 0.6) is 17.2 Å². The molecular weight excluding hydrogens is 651 g/mol. The maximum absolute atomic E-state index is 14.0. The number of nitrogens with zero attached hydrogens (tertiary/aromatic N) is 2. The molecule has 4 aliphatic rings. The van der Waals surface area contributed by atoms with Crippen molar-refractivity contribution in [2.45, 2.75) is 34.9 Å². The molecule has 2 aliphatic carbocycles. The molecule has 220 valence electrons. The van der Waals surface area contributed by atoms with Gasteiger partial charge in [0.25, 0.3) is 11.8 Å². The van der Waals surface area contributed by atoms with Gasteiger partial charge in [0.05, 0.1) is 24.4 Å². The van der Waals surface area contributed by atoms with Gasteiger partial charge < -0.3 is 14.9 Å². The van der Waals surface area contributed by atoms with Crippen molar-refractivity contribution in [1.29, 1.82) is 0 Å². The molecule has 0 aromatic heterocycles. The van der Waals surface area contributed by atoms with Crippen molar-refractivity contribution in [3.63, 3.8) is 0 Å². The second kappa shape index (κ2) is 10.3. The lowest BCUT2D eigenvalue weighted by molar-refractivity contribution is -0.141. The van der Waals surface area contributed by atoms with E-state index in [2.05, 4.69) is 15.9 Å². The van der Waals surface area contributed by atoms with Gasteiger partial charge in [0.1, 0.15) is 5.75 Å². The second-order valence-electron chi connectivity index (χ2n) is 11.2. The summed E-state index contributed by atoms with van der Waals surface area (Å²) < 4.78 is 5.32. The van der Waals surface area contributed by atoms with Crippen LogP contribution >= 0.6 is 39.1 Å². The smallest absolute Gasteiger partial charge is 0.254 e. The van der Waals surface area contributed by atoms with Gasteiger partial charge in [-0.3, -0.25) is 29.0 Å². The highest BCUT2D eigenvalue weighted by Gasteiger charge is 2.76. The summed E-state index contributed by atoms with van der Waals surface area (Å²) in [5, 5.41) is 19.8. The first-order chi connectivity index (χ1) is 20.0. The zero-order valence-corrected chi connectivity index (χ0v) is 25.5. The Kier molecular flexibility index (Phi) is 7.10. The number of phenols is 2. The molecular formula is C30H27BrCl2N2O7. The molecule has 2 saturated heterocycles. The number of rotatable bonds is 6. The van der Waals surface area contributed by atoms with E-state index in [-0.39, 0.29) is 53.9 Å². The molecule has 2 aromatic rings. The first kappa shape index (κ1) is 29.0. The lowest BCUT2D eigenvalue weighted by Crippen LogP contribution is -2.60. The van der Waals surface area contributed by atoms with E-state index in [9.17, 15) is 29.4 Å². The van der Waals surface area contributed by atoms with Crippen molar-refractivity contribution < 1.29 is 34.1 Å². The number of benzene rings is 2. The van der Waals surface area contributed by atoms with E-state index < -0.39 is 45.2 Å². The molecule has 0 unspecified atom stereocenters. The van der Waals surface area contributed by atoms with E-state index in [1.54, 1.807) is 36.4 Å². The van der Waals surface area contributed by atoms with Crippen molar-refractivity contribution in [3.05, 3.63) is 65.2 Å². The fourth-order valence-electron chi connectivity index (χ4n) is 7.19. The molecule has 4 amide bonds. The van der Waals surface area contributed by atoms with E-state index in [1.165, 1.54) is 18.1 Å². The van der Waals surface area contributed by atoms with Gasteiger partial charge in [0.15, 0.2) is 21.2 Å². The number of hydrogen-bond acceptors (Lipinski definition) is 7. The Balaban J connectivity index is 1.42. The van der Waals surface area contributed by atoms with E-state index in [0.717, 1.165) is 10.5 Å². The Bertz CT molecular complexity index is 1550. The van der Waals surface area contributed by atoms with E-state index in [4.69, 9.17) is 27.9 Å². The van der Waals surface area contributed by atoms with Gasteiger partial charge in [-0.15, -0.1) is 23.2 Å². The average molecular weight is 678 g/mol. The zero-order valence-electron chi connectivity index (χ0n) is 22.4. The summed E-state index contributed by atoms with van der Waals surface area (Å²) in [7, 11) is 1.39. The van der Waals surface area contributed by atoms with Crippen LogP contribution in [0.4, 0.5) is 0 Å². The number of carbonyl (C=O) groups is 4. The molecule has 0 spiro atoms. The fraction of sp³-hybridized carbons (Fsp3) is 0.400.